The first-order valence-corrected chi connectivity index (χ1v) is 8.23. The molecule has 0 fully saturated rings. The predicted octanol–water partition coefficient (Wildman–Crippen LogP) is 4.38. The topological polar surface area (TPSA) is 76.0 Å². The van der Waals surface area contributed by atoms with Gasteiger partial charge in [-0.1, -0.05) is 30.0 Å². The van der Waals surface area contributed by atoms with Gasteiger partial charge in [-0.3, -0.25) is 0 Å². The van der Waals surface area contributed by atoms with Crippen LogP contribution in [0.2, 0.25) is 0 Å². The minimum atomic E-state index is -4.64. The number of carboxylic acids is 1. The molecule has 1 N–H and O–H groups in total. The molecule has 5 nitrogen and oxygen atoms in total. The maximum Gasteiger partial charge on any atom is 0.397 e. The van der Waals surface area contributed by atoms with Crippen molar-refractivity contribution in [3.05, 3.63) is 77.5 Å². The fourth-order valence-corrected chi connectivity index (χ4v) is 2.73. The second kappa shape index (κ2) is 8.41. The molecular weight excluding hydrogens is 566 g/mol. The summed E-state index contributed by atoms with van der Waals surface area (Å²) in [6, 6.07) is 13.1. The van der Waals surface area contributed by atoms with E-state index in [4.69, 9.17) is 5.11 Å². The van der Waals surface area contributed by atoms with Gasteiger partial charge in [0.15, 0.2) is 0 Å². The minimum Gasteiger partial charge on any atom is -0.477 e. The van der Waals surface area contributed by atoms with Gasteiger partial charge in [-0.2, -0.15) is 13.2 Å². The van der Waals surface area contributed by atoms with Gasteiger partial charge in [-0.05, 0) is 37.7 Å². The molecule has 154 valence electrons. The van der Waals surface area contributed by atoms with Gasteiger partial charge in [-0.15, -0.1) is 12.1 Å². The monoisotopic (exact) mass is 581 g/mol. The van der Waals surface area contributed by atoms with Crippen molar-refractivity contribution in [2.75, 3.05) is 0 Å². The molecule has 0 aromatic carbocycles. The number of hydrogen-bond acceptors (Lipinski definition) is 4. The third kappa shape index (κ3) is 4.70. The largest absolute Gasteiger partial charge is 0.477 e. The Morgan fingerprint density at radius 3 is 2.28 bits per heavy atom. The standard InChI is InChI=1S/C20H15F3N3O2.Pt/c1-19(2,16-10-4-8-14(26-16)18(27)28)15-9-3-7-13(25-15)12-6-5-11-24-17(12)20(21,22)23;/h3-5,7-11H,1-2H3,(H,27,28);/q-1;. The number of aromatic nitrogens is 3. The molecule has 0 aliphatic heterocycles. The summed E-state index contributed by atoms with van der Waals surface area (Å²) < 4.78 is 39.8. The average Bonchev–Trinajstić information content (AvgIpc) is 2.67. The Morgan fingerprint density at radius 2 is 1.66 bits per heavy atom. The van der Waals surface area contributed by atoms with Crippen molar-refractivity contribution in [2.24, 2.45) is 0 Å². The molecule has 9 heteroatoms. The molecule has 3 aromatic heterocycles. The quantitative estimate of drug-likeness (QED) is 0.463. The molecule has 0 saturated heterocycles. The zero-order valence-corrected chi connectivity index (χ0v) is 17.5. The van der Waals surface area contributed by atoms with E-state index >= 15 is 0 Å². The maximum atomic E-state index is 13.3. The fourth-order valence-electron chi connectivity index (χ4n) is 2.73. The van der Waals surface area contributed by atoms with Crippen LogP contribution in [0.1, 0.15) is 41.4 Å². The van der Waals surface area contributed by atoms with Crippen molar-refractivity contribution in [1.29, 1.82) is 0 Å². The van der Waals surface area contributed by atoms with Crippen LogP contribution < -0.4 is 0 Å². The molecule has 0 aliphatic carbocycles. The molecule has 3 rings (SSSR count). The normalized spacial score (nSPS) is 11.6. The smallest absolute Gasteiger partial charge is 0.397 e. The number of carbonyl (C=O) groups is 1. The molecule has 0 amide bonds. The summed E-state index contributed by atoms with van der Waals surface area (Å²) in [6.45, 7) is 3.54. The molecule has 0 saturated carbocycles. The molecule has 0 unspecified atom stereocenters. The molecule has 0 aliphatic rings. The van der Waals surface area contributed by atoms with Crippen LogP contribution in [0.3, 0.4) is 0 Å². The first-order valence-electron chi connectivity index (χ1n) is 8.23. The van der Waals surface area contributed by atoms with Gasteiger partial charge < -0.3 is 15.1 Å². The summed E-state index contributed by atoms with van der Waals surface area (Å²) in [7, 11) is 0. The van der Waals surface area contributed by atoms with Crippen molar-refractivity contribution in [3.8, 4) is 11.3 Å². The van der Waals surface area contributed by atoms with Crippen molar-refractivity contribution >= 4 is 5.97 Å². The molecule has 3 heterocycles. The van der Waals surface area contributed by atoms with Crippen molar-refractivity contribution in [2.45, 2.75) is 25.4 Å². The number of rotatable bonds is 4. The van der Waals surface area contributed by atoms with Crippen LogP contribution >= 0.6 is 0 Å². The second-order valence-electron chi connectivity index (χ2n) is 6.56. The first-order chi connectivity index (χ1) is 13.1. The number of alkyl halides is 3. The van der Waals surface area contributed by atoms with Crippen LogP contribution in [0.15, 0.2) is 48.7 Å². The van der Waals surface area contributed by atoms with Gasteiger partial charge >= 0.3 is 12.1 Å². The Kier molecular flexibility index (Phi) is 6.58. The summed E-state index contributed by atoms with van der Waals surface area (Å²) in [4.78, 5) is 23.1. The molecular formula is C20H15F3N3O2Pt-. The summed E-state index contributed by atoms with van der Waals surface area (Å²) >= 11 is 0. The van der Waals surface area contributed by atoms with Gasteiger partial charge in [0.05, 0.1) is 11.4 Å². The number of pyridine rings is 3. The number of hydrogen-bond donors (Lipinski definition) is 1. The van der Waals surface area contributed by atoms with Gasteiger partial charge in [0.2, 0.25) is 0 Å². The zero-order chi connectivity index (χ0) is 20.5. The van der Waals surface area contributed by atoms with Crippen LogP contribution in [-0.4, -0.2) is 26.0 Å². The third-order valence-electron chi connectivity index (χ3n) is 4.27. The van der Waals surface area contributed by atoms with E-state index in [0.29, 0.717) is 11.4 Å². The summed E-state index contributed by atoms with van der Waals surface area (Å²) in [5.74, 6) is -1.17. The van der Waals surface area contributed by atoms with E-state index in [1.165, 1.54) is 18.2 Å². The van der Waals surface area contributed by atoms with Crippen molar-refractivity contribution in [1.82, 2.24) is 15.0 Å². The van der Waals surface area contributed by atoms with Crippen molar-refractivity contribution < 1.29 is 44.1 Å². The third-order valence-corrected chi connectivity index (χ3v) is 4.27. The summed E-state index contributed by atoms with van der Waals surface area (Å²) in [5.41, 5.74) is -1.35. The van der Waals surface area contributed by atoms with Crippen LogP contribution in [0.5, 0.6) is 0 Å². The predicted molar refractivity (Wildman–Crippen MR) is 94.6 cm³/mol. The zero-order valence-electron chi connectivity index (χ0n) is 15.3. The molecule has 0 bridgehead atoms. The van der Waals surface area contributed by atoms with Crippen LogP contribution in [0, 0.1) is 6.07 Å². The SMILES string of the molecule is CC(C)(c1cccc(C(=O)O)n1)c1cccc(-c2[c-]ccnc2C(F)(F)F)n1.[Pt]. The Hall–Kier alpha value is -2.60. The number of carboxylic acid groups (broad SMARTS) is 1. The Bertz CT molecular complexity index is 1040. The van der Waals surface area contributed by atoms with Crippen LogP contribution in [-0.2, 0) is 32.7 Å². The Morgan fingerprint density at radius 1 is 1.03 bits per heavy atom. The number of halogens is 3. The van der Waals surface area contributed by atoms with Crippen LogP contribution in [0.25, 0.3) is 11.3 Å². The first kappa shape index (κ1) is 22.7. The van der Waals surface area contributed by atoms with E-state index in [1.54, 1.807) is 38.1 Å². The Labute approximate surface area is 179 Å². The van der Waals surface area contributed by atoms with E-state index in [2.05, 4.69) is 21.0 Å². The Balaban J connectivity index is 0.00000300. The maximum absolute atomic E-state index is 13.3. The molecule has 3 aromatic rings. The molecule has 0 atom stereocenters. The van der Waals surface area contributed by atoms with Crippen molar-refractivity contribution in [3.63, 3.8) is 0 Å². The average molecular weight is 581 g/mol. The van der Waals surface area contributed by atoms with E-state index < -0.39 is 23.3 Å². The van der Waals surface area contributed by atoms with Crippen LogP contribution in [0.4, 0.5) is 13.2 Å². The van der Waals surface area contributed by atoms with E-state index in [1.807, 2.05) is 0 Å². The summed E-state index contributed by atoms with van der Waals surface area (Å²) in [6.07, 6.45) is -3.61. The fraction of sp³-hybridized carbons (Fsp3) is 0.200. The second-order valence-corrected chi connectivity index (χ2v) is 6.56. The van der Waals surface area contributed by atoms with E-state index in [0.717, 1.165) is 6.20 Å². The summed E-state index contributed by atoms with van der Waals surface area (Å²) in [5, 5.41) is 9.15. The van der Waals surface area contributed by atoms with Gasteiger partial charge in [0.1, 0.15) is 5.69 Å². The molecule has 0 radical (unpaired) electrons. The molecule has 0 spiro atoms. The van der Waals surface area contributed by atoms with Gasteiger partial charge in [0.25, 0.3) is 0 Å². The minimum absolute atomic E-state index is 0. The molecule has 29 heavy (non-hydrogen) atoms. The van der Waals surface area contributed by atoms with E-state index in [-0.39, 0.29) is 38.0 Å². The van der Waals surface area contributed by atoms with E-state index in [9.17, 15) is 18.0 Å². The van der Waals surface area contributed by atoms with Gasteiger partial charge in [-0.25, -0.2) is 9.78 Å². The number of nitrogens with zero attached hydrogens (tertiary/aromatic N) is 3. The number of aromatic carboxylic acids is 1. The van der Waals surface area contributed by atoms with Gasteiger partial charge in [0, 0.05) is 32.2 Å².